The second kappa shape index (κ2) is 2.31. The number of H-pyrrole nitrogens is 1. The standard InChI is InChI=1S/C6H5ClN4O/c1-11-2-8-4-3(5(11)12)9-6(7)10-4/h2H,1H3,(H,9,10). The van der Waals surface area contributed by atoms with Gasteiger partial charge >= 0.3 is 0 Å². The third-order valence-corrected chi connectivity index (χ3v) is 1.72. The Morgan fingerprint density at radius 2 is 2.42 bits per heavy atom. The van der Waals surface area contributed by atoms with Gasteiger partial charge in [0.05, 0.1) is 6.33 Å². The summed E-state index contributed by atoms with van der Waals surface area (Å²) < 4.78 is 1.36. The molecule has 0 fully saturated rings. The highest BCUT2D eigenvalue weighted by Crippen LogP contribution is 2.06. The highest BCUT2D eigenvalue weighted by atomic mass is 35.5. The van der Waals surface area contributed by atoms with Crippen molar-refractivity contribution >= 4 is 22.8 Å². The predicted octanol–water partition coefficient (Wildman–Crippen LogP) is 0.310. The lowest BCUT2D eigenvalue weighted by molar-refractivity contribution is 0.839. The van der Waals surface area contributed by atoms with E-state index in [0.717, 1.165) is 0 Å². The van der Waals surface area contributed by atoms with Crippen molar-refractivity contribution in [1.82, 2.24) is 19.5 Å². The molecule has 2 aromatic rings. The second-order valence-electron chi connectivity index (χ2n) is 2.39. The molecule has 0 saturated carbocycles. The maximum atomic E-state index is 11.3. The van der Waals surface area contributed by atoms with Crippen LogP contribution in [0.3, 0.4) is 0 Å². The fourth-order valence-corrected chi connectivity index (χ4v) is 1.12. The van der Waals surface area contributed by atoms with Crippen molar-refractivity contribution in [1.29, 1.82) is 0 Å². The van der Waals surface area contributed by atoms with Gasteiger partial charge in [0, 0.05) is 7.05 Å². The Bertz CT molecular complexity index is 486. The molecule has 0 radical (unpaired) electrons. The van der Waals surface area contributed by atoms with Gasteiger partial charge in [0.1, 0.15) is 0 Å². The third-order valence-electron chi connectivity index (χ3n) is 1.54. The average Bonchev–Trinajstić information content (AvgIpc) is 2.39. The number of fused-ring (bicyclic) bond motifs is 1. The van der Waals surface area contributed by atoms with Crippen molar-refractivity contribution in [2.24, 2.45) is 7.05 Å². The molecule has 0 aliphatic carbocycles. The van der Waals surface area contributed by atoms with Crippen LogP contribution in [0.1, 0.15) is 0 Å². The van der Waals surface area contributed by atoms with Crippen LogP contribution in [-0.4, -0.2) is 19.5 Å². The molecule has 0 aromatic carbocycles. The van der Waals surface area contributed by atoms with Crippen LogP contribution in [0.5, 0.6) is 0 Å². The van der Waals surface area contributed by atoms with Crippen molar-refractivity contribution in [3.8, 4) is 0 Å². The molecule has 5 nitrogen and oxygen atoms in total. The number of aromatic nitrogens is 4. The van der Waals surface area contributed by atoms with Gasteiger partial charge in [0.15, 0.2) is 11.2 Å². The molecule has 2 aromatic heterocycles. The van der Waals surface area contributed by atoms with Crippen LogP contribution in [0.4, 0.5) is 0 Å². The zero-order valence-corrected chi connectivity index (χ0v) is 6.96. The lowest BCUT2D eigenvalue weighted by Gasteiger charge is -1.92. The Morgan fingerprint density at radius 3 is 3.17 bits per heavy atom. The minimum atomic E-state index is -0.181. The Morgan fingerprint density at radius 1 is 1.67 bits per heavy atom. The fourth-order valence-electron chi connectivity index (χ4n) is 0.948. The minimum absolute atomic E-state index is 0.181. The highest BCUT2D eigenvalue weighted by molar-refractivity contribution is 6.28. The van der Waals surface area contributed by atoms with E-state index in [-0.39, 0.29) is 10.8 Å². The molecule has 0 unspecified atom stereocenters. The van der Waals surface area contributed by atoms with Crippen molar-refractivity contribution in [3.05, 3.63) is 22.0 Å². The first-order valence-electron chi connectivity index (χ1n) is 3.25. The number of halogens is 1. The average molecular weight is 185 g/mol. The lowest BCUT2D eigenvalue weighted by Crippen LogP contribution is -2.16. The number of imidazole rings is 1. The molecule has 0 aliphatic heterocycles. The van der Waals surface area contributed by atoms with Crippen molar-refractivity contribution in [3.63, 3.8) is 0 Å². The molecular weight excluding hydrogens is 180 g/mol. The first-order chi connectivity index (χ1) is 5.68. The van der Waals surface area contributed by atoms with Crippen LogP contribution in [0.25, 0.3) is 11.2 Å². The largest absolute Gasteiger partial charge is 0.323 e. The summed E-state index contributed by atoms with van der Waals surface area (Å²) in [5.41, 5.74) is 0.507. The summed E-state index contributed by atoms with van der Waals surface area (Å²) in [6, 6.07) is 0. The number of nitrogens with zero attached hydrogens (tertiary/aromatic N) is 3. The van der Waals surface area contributed by atoms with E-state index in [2.05, 4.69) is 15.0 Å². The van der Waals surface area contributed by atoms with E-state index < -0.39 is 0 Å². The molecule has 6 heteroatoms. The van der Waals surface area contributed by atoms with Crippen molar-refractivity contribution < 1.29 is 0 Å². The van der Waals surface area contributed by atoms with E-state index in [9.17, 15) is 4.79 Å². The van der Waals surface area contributed by atoms with E-state index >= 15 is 0 Å². The normalized spacial score (nSPS) is 10.8. The molecule has 2 rings (SSSR count). The molecule has 0 spiro atoms. The van der Waals surface area contributed by atoms with Gasteiger partial charge in [0.2, 0.25) is 5.28 Å². The van der Waals surface area contributed by atoms with E-state index in [1.807, 2.05) is 0 Å². The SMILES string of the molecule is Cn1cnc2nc(Cl)[nH]c2c1=O. The lowest BCUT2D eigenvalue weighted by atomic mass is 10.5. The maximum Gasteiger partial charge on any atom is 0.279 e. The monoisotopic (exact) mass is 184 g/mol. The fraction of sp³-hybridized carbons (Fsp3) is 0.167. The van der Waals surface area contributed by atoms with Crippen LogP contribution in [-0.2, 0) is 7.05 Å². The van der Waals surface area contributed by atoms with Gasteiger partial charge in [-0.3, -0.25) is 4.79 Å². The Balaban J connectivity index is 2.99. The van der Waals surface area contributed by atoms with Crippen molar-refractivity contribution in [2.45, 2.75) is 0 Å². The topological polar surface area (TPSA) is 63.6 Å². The molecular formula is C6H5ClN4O. The Hall–Kier alpha value is -1.36. The van der Waals surface area contributed by atoms with E-state index in [4.69, 9.17) is 11.6 Å². The van der Waals surface area contributed by atoms with E-state index in [1.54, 1.807) is 7.05 Å². The molecule has 0 saturated heterocycles. The molecule has 1 N–H and O–H groups in total. The van der Waals surface area contributed by atoms with E-state index in [0.29, 0.717) is 11.2 Å². The second-order valence-corrected chi connectivity index (χ2v) is 2.74. The van der Waals surface area contributed by atoms with Crippen LogP contribution >= 0.6 is 11.6 Å². The first kappa shape index (κ1) is 7.30. The number of aryl methyl sites for hydroxylation is 1. The number of hydrogen-bond acceptors (Lipinski definition) is 3. The Kier molecular flexibility index (Phi) is 1.41. The van der Waals surface area contributed by atoms with Gasteiger partial charge < -0.3 is 9.55 Å². The molecule has 0 amide bonds. The molecule has 62 valence electrons. The Labute approximate surface area is 72.0 Å². The quantitative estimate of drug-likeness (QED) is 0.600. The van der Waals surface area contributed by atoms with Crippen LogP contribution < -0.4 is 5.56 Å². The van der Waals surface area contributed by atoms with Gasteiger partial charge in [0.25, 0.3) is 5.56 Å². The number of hydrogen-bond donors (Lipinski definition) is 1. The van der Waals surface area contributed by atoms with Crippen molar-refractivity contribution in [2.75, 3.05) is 0 Å². The third kappa shape index (κ3) is 0.902. The van der Waals surface area contributed by atoms with Crippen LogP contribution in [0, 0.1) is 0 Å². The number of rotatable bonds is 0. The summed E-state index contributed by atoms with van der Waals surface area (Å²) in [5.74, 6) is 0. The zero-order chi connectivity index (χ0) is 8.72. The van der Waals surface area contributed by atoms with Crippen LogP contribution in [0.15, 0.2) is 11.1 Å². The maximum absolute atomic E-state index is 11.3. The summed E-state index contributed by atoms with van der Waals surface area (Å²) in [6.45, 7) is 0. The summed E-state index contributed by atoms with van der Waals surface area (Å²) in [4.78, 5) is 21.7. The minimum Gasteiger partial charge on any atom is -0.323 e. The number of aromatic amines is 1. The predicted molar refractivity (Wildman–Crippen MR) is 44.1 cm³/mol. The van der Waals surface area contributed by atoms with Gasteiger partial charge in [-0.15, -0.1) is 0 Å². The van der Waals surface area contributed by atoms with E-state index in [1.165, 1.54) is 10.9 Å². The van der Waals surface area contributed by atoms with Gasteiger partial charge in [-0.2, -0.15) is 4.98 Å². The van der Waals surface area contributed by atoms with Gasteiger partial charge in [-0.25, -0.2) is 4.98 Å². The molecule has 2 heterocycles. The highest BCUT2D eigenvalue weighted by Gasteiger charge is 2.05. The van der Waals surface area contributed by atoms with Crippen LogP contribution in [0.2, 0.25) is 5.28 Å². The summed E-state index contributed by atoms with van der Waals surface area (Å²) in [6.07, 6.45) is 1.40. The zero-order valence-electron chi connectivity index (χ0n) is 6.21. The molecule has 0 atom stereocenters. The molecule has 0 aliphatic rings. The summed E-state index contributed by atoms with van der Waals surface area (Å²) in [5, 5.41) is 0.181. The number of nitrogens with one attached hydrogen (secondary N) is 1. The smallest absolute Gasteiger partial charge is 0.279 e. The molecule has 12 heavy (non-hydrogen) atoms. The summed E-state index contributed by atoms with van der Waals surface area (Å²) in [7, 11) is 1.61. The first-order valence-corrected chi connectivity index (χ1v) is 3.63. The molecule has 0 bridgehead atoms. The van der Waals surface area contributed by atoms with Gasteiger partial charge in [-0.05, 0) is 11.6 Å². The summed E-state index contributed by atoms with van der Waals surface area (Å²) >= 11 is 5.55. The van der Waals surface area contributed by atoms with Gasteiger partial charge in [-0.1, -0.05) is 0 Å².